The quantitative estimate of drug-likeness (QED) is 0.391. The lowest BCUT2D eigenvalue weighted by Gasteiger charge is -2.05. The Hall–Kier alpha value is -1.84. The molecule has 0 amide bonds. The summed E-state index contributed by atoms with van der Waals surface area (Å²) in [5.41, 5.74) is 3.26. The van der Waals surface area contributed by atoms with E-state index in [1.807, 2.05) is 0 Å². The van der Waals surface area contributed by atoms with Gasteiger partial charge in [0.2, 0.25) is 0 Å². The third-order valence-electron chi connectivity index (χ3n) is 3.02. The molecule has 0 atom stereocenters. The van der Waals surface area contributed by atoms with Gasteiger partial charge in [0, 0.05) is 12.6 Å². The summed E-state index contributed by atoms with van der Waals surface area (Å²) < 4.78 is 0. The number of benzene rings is 1. The number of unbranched alkanes of at least 4 members (excludes halogenated alkanes) is 2. The van der Waals surface area contributed by atoms with Crippen molar-refractivity contribution in [2.24, 2.45) is 10.3 Å². The summed E-state index contributed by atoms with van der Waals surface area (Å²) >= 11 is 0. The van der Waals surface area contributed by atoms with Crippen LogP contribution in [0, 0.1) is 0 Å². The summed E-state index contributed by atoms with van der Waals surface area (Å²) in [4.78, 5) is 9.54. The summed E-state index contributed by atoms with van der Waals surface area (Å²) in [6.45, 7) is 2.22. The van der Waals surface area contributed by atoms with Crippen molar-refractivity contribution in [2.75, 3.05) is 14.2 Å². The zero-order valence-corrected chi connectivity index (χ0v) is 12.6. The molecule has 0 unspecified atom stereocenters. The molecule has 0 saturated heterocycles. The molecule has 0 spiro atoms. The van der Waals surface area contributed by atoms with Crippen LogP contribution in [0.3, 0.4) is 0 Å². The van der Waals surface area contributed by atoms with Crippen molar-refractivity contribution < 1.29 is 9.68 Å². The molecule has 4 heteroatoms. The summed E-state index contributed by atoms with van der Waals surface area (Å²) in [7, 11) is 3.07. The van der Waals surface area contributed by atoms with Gasteiger partial charge in [-0.2, -0.15) is 0 Å². The van der Waals surface area contributed by atoms with Gasteiger partial charge in [-0.15, -0.1) is 0 Å². The fraction of sp³-hybridized carbons (Fsp3) is 0.500. The molecule has 1 aromatic rings. The van der Waals surface area contributed by atoms with Crippen LogP contribution in [0.4, 0.5) is 0 Å². The van der Waals surface area contributed by atoms with Crippen LogP contribution < -0.4 is 0 Å². The van der Waals surface area contributed by atoms with Crippen LogP contribution in [0.15, 0.2) is 34.6 Å². The van der Waals surface area contributed by atoms with Gasteiger partial charge in [-0.25, -0.2) is 0 Å². The zero-order valence-electron chi connectivity index (χ0n) is 12.6. The number of rotatable bonds is 9. The Morgan fingerprint density at radius 1 is 1.10 bits per heavy atom. The van der Waals surface area contributed by atoms with Crippen LogP contribution in [0.5, 0.6) is 0 Å². The first kappa shape index (κ1) is 16.2. The van der Waals surface area contributed by atoms with Crippen molar-refractivity contribution in [3.8, 4) is 0 Å². The average molecular weight is 276 g/mol. The van der Waals surface area contributed by atoms with E-state index >= 15 is 0 Å². The van der Waals surface area contributed by atoms with E-state index in [1.165, 1.54) is 31.9 Å². The van der Waals surface area contributed by atoms with Crippen molar-refractivity contribution >= 4 is 11.9 Å². The molecule has 0 aliphatic heterocycles. The van der Waals surface area contributed by atoms with E-state index < -0.39 is 0 Å². The monoisotopic (exact) mass is 276 g/mol. The molecular formula is C16H24N2O2. The molecule has 1 aromatic carbocycles. The first-order valence-corrected chi connectivity index (χ1v) is 7.06. The first-order chi connectivity index (χ1) is 9.81. The number of aryl methyl sites for hydroxylation is 1. The molecular weight excluding hydrogens is 252 g/mol. The third kappa shape index (κ3) is 5.87. The van der Waals surface area contributed by atoms with Crippen LogP contribution in [0.2, 0.25) is 0 Å². The molecule has 0 aliphatic carbocycles. The van der Waals surface area contributed by atoms with E-state index in [-0.39, 0.29) is 0 Å². The highest BCUT2D eigenvalue weighted by molar-refractivity contribution is 6.06. The predicted octanol–water partition coefficient (Wildman–Crippen LogP) is 3.79. The summed E-state index contributed by atoms with van der Waals surface area (Å²) in [6.07, 6.45) is 7.17. The second-order valence-electron chi connectivity index (χ2n) is 4.55. The van der Waals surface area contributed by atoms with Crippen LogP contribution >= 0.6 is 0 Å². The van der Waals surface area contributed by atoms with E-state index in [0.29, 0.717) is 6.42 Å². The molecule has 0 aromatic heterocycles. The fourth-order valence-corrected chi connectivity index (χ4v) is 1.96. The maximum absolute atomic E-state index is 4.88. The van der Waals surface area contributed by atoms with E-state index in [0.717, 1.165) is 17.7 Å². The van der Waals surface area contributed by atoms with Gasteiger partial charge < -0.3 is 9.68 Å². The SMILES string of the molecule is CCCCCc1ccc(/C(C/C=N/OC)=N\OC)cc1. The Morgan fingerprint density at radius 2 is 1.85 bits per heavy atom. The van der Waals surface area contributed by atoms with E-state index in [1.54, 1.807) is 13.3 Å². The first-order valence-electron chi connectivity index (χ1n) is 7.06. The highest BCUT2D eigenvalue weighted by Gasteiger charge is 2.04. The summed E-state index contributed by atoms with van der Waals surface area (Å²) in [5, 5.41) is 7.77. The minimum atomic E-state index is 0.580. The Bertz CT molecular complexity index is 425. The highest BCUT2D eigenvalue weighted by atomic mass is 16.6. The molecule has 0 N–H and O–H groups in total. The lowest BCUT2D eigenvalue weighted by molar-refractivity contribution is 0.212. The summed E-state index contributed by atoms with van der Waals surface area (Å²) in [6, 6.07) is 8.48. The number of hydrogen-bond acceptors (Lipinski definition) is 4. The van der Waals surface area contributed by atoms with Crippen LogP contribution in [-0.2, 0) is 16.1 Å². The predicted molar refractivity (Wildman–Crippen MR) is 83.3 cm³/mol. The van der Waals surface area contributed by atoms with Gasteiger partial charge in [0.25, 0.3) is 0 Å². The van der Waals surface area contributed by atoms with Gasteiger partial charge in [-0.05, 0) is 24.0 Å². The maximum atomic E-state index is 4.88. The van der Waals surface area contributed by atoms with Gasteiger partial charge in [0.05, 0.1) is 5.71 Å². The molecule has 1 rings (SSSR count). The smallest absolute Gasteiger partial charge is 0.106 e. The topological polar surface area (TPSA) is 43.2 Å². The molecule has 4 nitrogen and oxygen atoms in total. The number of nitrogens with zero attached hydrogens (tertiary/aromatic N) is 2. The molecule has 0 bridgehead atoms. The lowest BCUT2D eigenvalue weighted by Crippen LogP contribution is -2.03. The van der Waals surface area contributed by atoms with Gasteiger partial charge in [0.1, 0.15) is 14.2 Å². The van der Waals surface area contributed by atoms with Crippen molar-refractivity contribution in [2.45, 2.75) is 39.0 Å². The Balaban J connectivity index is 2.67. The van der Waals surface area contributed by atoms with E-state index in [9.17, 15) is 0 Å². The van der Waals surface area contributed by atoms with Crippen LogP contribution in [0.25, 0.3) is 0 Å². The zero-order chi connectivity index (χ0) is 14.6. The Kier molecular flexibility index (Phi) is 8.11. The van der Waals surface area contributed by atoms with Crippen LogP contribution in [-0.4, -0.2) is 26.1 Å². The average Bonchev–Trinajstić information content (AvgIpc) is 2.48. The molecule has 0 aliphatic rings. The molecule has 0 saturated carbocycles. The standard InChI is InChI=1S/C16H24N2O2/c1-4-5-6-7-14-8-10-15(11-9-14)16(18-20-3)12-13-17-19-2/h8-11,13H,4-7,12H2,1-3H3/b17-13+,18-16-. The highest BCUT2D eigenvalue weighted by Crippen LogP contribution is 2.11. The van der Waals surface area contributed by atoms with E-state index in [2.05, 4.69) is 46.3 Å². The van der Waals surface area contributed by atoms with Crippen molar-refractivity contribution in [1.82, 2.24) is 0 Å². The van der Waals surface area contributed by atoms with Crippen molar-refractivity contribution in [1.29, 1.82) is 0 Å². The Labute approximate surface area is 121 Å². The lowest BCUT2D eigenvalue weighted by atomic mass is 10.0. The molecule has 0 radical (unpaired) electrons. The third-order valence-corrected chi connectivity index (χ3v) is 3.02. The largest absolute Gasteiger partial charge is 0.399 e. The second kappa shape index (κ2) is 10.0. The minimum Gasteiger partial charge on any atom is -0.399 e. The number of hydrogen-bond donors (Lipinski definition) is 0. The molecule has 110 valence electrons. The van der Waals surface area contributed by atoms with Gasteiger partial charge in [-0.1, -0.05) is 54.3 Å². The molecule has 0 fully saturated rings. The van der Waals surface area contributed by atoms with E-state index in [4.69, 9.17) is 4.84 Å². The molecule has 20 heavy (non-hydrogen) atoms. The second-order valence-corrected chi connectivity index (χ2v) is 4.55. The van der Waals surface area contributed by atoms with Crippen molar-refractivity contribution in [3.05, 3.63) is 35.4 Å². The number of oxime groups is 2. The van der Waals surface area contributed by atoms with Crippen molar-refractivity contribution in [3.63, 3.8) is 0 Å². The minimum absolute atomic E-state index is 0.580. The van der Waals surface area contributed by atoms with Gasteiger partial charge in [0.15, 0.2) is 0 Å². The van der Waals surface area contributed by atoms with Crippen LogP contribution in [0.1, 0.15) is 43.7 Å². The molecule has 0 heterocycles. The maximum Gasteiger partial charge on any atom is 0.106 e. The normalized spacial score (nSPS) is 11.8. The van der Waals surface area contributed by atoms with Gasteiger partial charge >= 0.3 is 0 Å². The fourth-order valence-electron chi connectivity index (χ4n) is 1.96. The summed E-state index contributed by atoms with van der Waals surface area (Å²) in [5.74, 6) is 0. The Morgan fingerprint density at radius 3 is 2.45 bits per heavy atom. The van der Waals surface area contributed by atoms with Gasteiger partial charge in [-0.3, -0.25) is 0 Å².